The monoisotopic (exact) mass is 254 g/mol. The fourth-order valence-electron chi connectivity index (χ4n) is 1.37. The van der Waals surface area contributed by atoms with E-state index in [1.807, 2.05) is 13.0 Å². The van der Waals surface area contributed by atoms with Gasteiger partial charge in [-0.25, -0.2) is 0 Å². The Morgan fingerprint density at radius 1 is 1.50 bits per heavy atom. The summed E-state index contributed by atoms with van der Waals surface area (Å²) in [5.74, 6) is 0.657. The van der Waals surface area contributed by atoms with Crippen LogP contribution in [0, 0.1) is 6.92 Å². The third-order valence-corrected chi connectivity index (χ3v) is 2.74. The minimum absolute atomic E-state index is 0.0816. The van der Waals surface area contributed by atoms with E-state index < -0.39 is 0 Å². The number of phenols is 1. The van der Waals surface area contributed by atoms with E-state index in [9.17, 15) is 9.90 Å². The Hall–Kier alpha value is -1.29. The molecule has 0 spiro atoms. The molecule has 14 heavy (non-hydrogen) atoms. The van der Waals surface area contributed by atoms with Gasteiger partial charge in [-0.1, -0.05) is 0 Å². The maximum Gasteiger partial charge on any atom is 0.153 e. The Bertz CT molecular complexity index is 514. The van der Waals surface area contributed by atoms with E-state index in [0.717, 1.165) is 11.1 Å². The molecule has 0 fully saturated rings. The van der Waals surface area contributed by atoms with Crippen LogP contribution in [0.15, 0.2) is 21.0 Å². The van der Waals surface area contributed by atoms with E-state index in [1.165, 1.54) is 0 Å². The minimum atomic E-state index is -0.0816. The molecule has 0 aliphatic carbocycles. The lowest BCUT2D eigenvalue weighted by atomic mass is 10.1. The van der Waals surface area contributed by atoms with Crippen molar-refractivity contribution < 1.29 is 14.3 Å². The van der Waals surface area contributed by atoms with Crippen LogP contribution in [0.25, 0.3) is 11.0 Å². The van der Waals surface area contributed by atoms with Crippen LogP contribution >= 0.6 is 15.9 Å². The van der Waals surface area contributed by atoms with E-state index in [4.69, 9.17) is 4.42 Å². The number of aryl methyl sites for hydroxylation is 1. The summed E-state index contributed by atoms with van der Waals surface area (Å²) in [5.41, 5.74) is 0.816. The van der Waals surface area contributed by atoms with Crippen molar-refractivity contribution >= 4 is 33.2 Å². The molecule has 0 unspecified atom stereocenters. The van der Waals surface area contributed by atoms with Crippen LogP contribution < -0.4 is 0 Å². The Kier molecular flexibility index (Phi) is 2.07. The van der Waals surface area contributed by atoms with Crippen LogP contribution in [0.5, 0.6) is 5.75 Å². The van der Waals surface area contributed by atoms with Crippen LogP contribution in [0.1, 0.15) is 16.1 Å². The van der Waals surface area contributed by atoms with Crippen LogP contribution in [0.2, 0.25) is 0 Å². The zero-order chi connectivity index (χ0) is 10.3. The predicted octanol–water partition coefficient (Wildman–Crippen LogP) is 3.02. The number of halogens is 1. The van der Waals surface area contributed by atoms with Crippen LogP contribution in [-0.2, 0) is 0 Å². The number of carbonyl (C=O) groups excluding carboxylic acids is 1. The zero-order valence-corrected chi connectivity index (χ0v) is 8.96. The molecule has 0 bridgehead atoms. The SMILES string of the molecule is Cc1cc2cc(C=O)c(O)c(Br)c2o1. The number of fused-ring (bicyclic) bond motifs is 1. The summed E-state index contributed by atoms with van der Waals surface area (Å²) in [6, 6.07) is 3.41. The van der Waals surface area contributed by atoms with Gasteiger partial charge in [0.05, 0.1) is 5.56 Å². The number of hydrogen-bond donors (Lipinski definition) is 1. The first kappa shape index (κ1) is 9.27. The van der Waals surface area contributed by atoms with Gasteiger partial charge in [0.2, 0.25) is 0 Å². The molecule has 1 aromatic carbocycles. The van der Waals surface area contributed by atoms with Crippen molar-refractivity contribution in [3.8, 4) is 5.75 Å². The van der Waals surface area contributed by atoms with Gasteiger partial charge in [-0.05, 0) is 35.0 Å². The first-order valence-electron chi connectivity index (χ1n) is 4.00. The van der Waals surface area contributed by atoms with Crippen molar-refractivity contribution in [2.45, 2.75) is 6.92 Å². The maximum atomic E-state index is 10.6. The summed E-state index contributed by atoms with van der Waals surface area (Å²) in [5, 5.41) is 10.4. The molecular weight excluding hydrogens is 248 g/mol. The molecule has 0 aliphatic heterocycles. The molecule has 0 saturated carbocycles. The zero-order valence-electron chi connectivity index (χ0n) is 7.37. The lowest BCUT2D eigenvalue weighted by Crippen LogP contribution is -1.82. The Balaban J connectivity index is 2.90. The Morgan fingerprint density at radius 3 is 2.86 bits per heavy atom. The fraction of sp³-hybridized carbons (Fsp3) is 0.100. The van der Waals surface area contributed by atoms with Crippen molar-refractivity contribution in [2.75, 3.05) is 0 Å². The molecule has 0 radical (unpaired) electrons. The van der Waals surface area contributed by atoms with E-state index in [1.54, 1.807) is 6.07 Å². The van der Waals surface area contributed by atoms with Gasteiger partial charge in [0, 0.05) is 5.39 Å². The highest BCUT2D eigenvalue weighted by Crippen LogP contribution is 2.36. The molecule has 2 rings (SSSR count). The molecule has 0 amide bonds. The molecule has 0 aliphatic rings. The van der Waals surface area contributed by atoms with E-state index in [-0.39, 0.29) is 11.3 Å². The highest BCUT2D eigenvalue weighted by molar-refractivity contribution is 9.10. The summed E-state index contributed by atoms with van der Waals surface area (Å²) in [6.45, 7) is 1.81. The van der Waals surface area contributed by atoms with E-state index in [0.29, 0.717) is 16.3 Å². The molecule has 0 atom stereocenters. The van der Waals surface area contributed by atoms with Gasteiger partial charge in [0.15, 0.2) is 11.9 Å². The van der Waals surface area contributed by atoms with Crippen molar-refractivity contribution in [1.82, 2.24) is 0 Å². The number of furan rings is 1. The highest BCUT2D eigenvalue weighted by Gasteiger charge is 2.13. The molecule has 1 heterocycles. The van der Waals surface area contributed by atoms with Crippen LogP contribution in [0.4, 0.5) is 0 Å². The summed E-state index contributed by atoms with van der Waals surface area (Å²) >= 11 is 3.18. The number of carbonyl (C=O) groups is 1. The molecule has 2 aromatic rings. The molecule has 0 saturated heterocycles. The van der Waals surface area contributed by atoms with Crippen molar-refractivity contribution in [3.63, 3.8) is 0 Å². The van der Waals surface area contributed by atoms with Crippen LogP contribution in [0.3, 0.4) is 0 Å². The fourth-order valence-corrected chi connectivity index (χ4v) is 1.91. The van der Waals surface area contributed by atoms with Crippen molar-refractivity contribution in [3.05, 3.63) is 27.9 Å². The highest BCUT2D eigenvalue weighted by atomic mass is 79.9. The third-order valence-electron chi connectivity index (χ3n) is 2.00. The second-order valence-electron chi connectivity index (χ2n) is 3.02. The number of benzene rings is 1. The molecule has 3 nitrogen and oxygen atoms in total. The van der Waals surface area contributed by atoms with Gasteiger partial charge in [-0.15, -0.1) is 0 Å². The summed E-state index contributed by atoms with van der Waals surface area (Å²) in [4.78, 5) is 10.6. The standard InChI is InChI=1S/C10H7BrO3/c1-5-2-6-3-7(4-12)9(13)8(11)10(6)14-5/h2-4,13H,1H3. The lowest BCUT2D eigenvalue weighted by Gasteiger charge is -2.00. The maximum absolute atomic E-state index is 10.6. The number of aromatic hydroxyl groups is 1. The second kappa shape index (κ2) is 3.13. The van der Waals surface area contributed by atoms with Crippen molar-refractivity contribution in [1.29, 1.82) is 0 Å². The van der Waals surface area contributed by atoms with Gasteiger partial charge in [0.1, 0.15) is 16.0 Å². The van der Waals surface area contributed by atoms with Gasteiger partial charge in [-0.3, -0.25) is 4.79 Å². The molecule has 72 valence electrons. The number of phenolic OH excluding ortho intramolecular Hbond substituents is 1. The van der Waals surface area contributed by atoms with Crippen molar-refractivity contribution in [2.24, 2.45) is 0 Å². The van der Waals surface area contributed by atoms with Gasteiger partial charge < -0.3 is 9.52 Å². The third kappa shape index (κ3) is 1.23. The smallest absolute Gasteiger partial charge is 0.153 e. The van der Waals surface area contributed by atoms with E-state index in [2.05, 4.69) is 15.9 Å². The first-order chi connectivity index (χ1) is 6.63. The Labute approximate surface area is 88.5 Å². The lowest BCUT2D eigenvalue weighted by molar-refractivity contribution is 0.112. The topological polar surface area (TPSA) is 50.4 Å². The first-order valence-corrected chi connectivity index (χ1v) is 4.79. The molecular formula is C10H7BrO3. The summed E-state index contributed by atoms with van der Waals surface area (Å²) in [7, 11) is 0. The predicted molar refractivity (Wildman–Crippen MR) is 55.7 cm³/mol. The van der Waals surface area contributed by atoms with Gasteiger partial charge in [-0.2, -0.15) is 0 Å². The molecule has 4 heteroatoms. The van der Waals surface area contributed by atoms with Crippen LogP contribution in [-0.4, -0.2) is 11.4 Å². The number of rotatable bonds is 1. The largest absolute Gasteiger partial charge is 0.506 e. The summed E-state index contributed by atoms with van der Waals surface area (Å²) < 4.78 is 5.78. The molecule has 1 N–H and O–H groups in total. The summed E-state index contributed by atoms with van der Waals surface area (Å²) in [6.07, 6.45) is 0.613. The van der Waals surface area contributed by atoms with E-state index >= 15 is 0 Å². The average Bonchev–Trinajstić information content (AvgIpc) is 2.52. The average molecular weight is 255 g/mol. The minimum Gasteiger partial charge on any atom is -0.506 e. The number of aldehydes is 1. The quantitative estimate of drug-likeness (QED) is 0.797. The van der Waals surface area contributed by atoms with Gasteiger partial charge in [0.25, 0.3) is 0 Å². The Morgan fingerprint density at radius 2 is 2.21 bits per heavy atom. The normalized spacial score (nSPS) is 10.7. The number of hydrogen-bond acceptors (Lipinski definition) is 3. The second-order valence-corrected chi connectivity index (χ2v) is 3.81. The molecule has 1 aromatic heterocycles. The van der Waals surface area contributed by atoms with Gasteiger partial charge >= 0.3 is 0 Å².